The second kappa shape index (κ2) is 6.12. The summed E-state index contributed by atoms with van der Waals surface area (Å²) in [6, 6.07) is 3.74. The lowest BCUT2D eigenvalue weighted by Gasteiger charge is -2.28. The summed E-state index contributed by atoms with van der Waals surface area (Å²) in [5, 5.41) is 9.12. The van der Waals surface area contributed by atoms with Crippen LogP contribution in [0.15, 0.2) is 29.0 Å². The molecule has 1 fully saturated rings. The molecule has 0 N–H and O–H groups in total. The summed E-state index contributed by atoms with van der Waals surface area (Å²) >= 11 is 0. The molecule has 0 spiro atoms. The third-order valence-electron chi connectivity index (χ3n) is 4.72. The summed E-state index contributed by atoms with van der Waals surface area (Å²) in [4.78, 5) is 8.62. The minimum atomic E-state index is -4.11. The zero-order valence-electron chi connectivity index (χ0n) is 13.3. The molecule has 1 aliphatic rings. The molecule has 3 heterocycles. The van der Waals surface area contributed by atoms with Crippen LogP contribution in [0.5, 0.6) is 0 Å². The topological polar surface area (TPSA) is 69.6 Å². The second-order valence-corrected chi connectivity index (χ2v) is 6.35. The van der Waals surface area contributed by atoms with E-state index >= 15 is 0 Å². The fraction of sp³-hybridized carbons (Fsp3) is 0.500. The number of halogens is 3. The lowest BCUT2D eigenvalue weighted by atomic mass is 9.81. The Bertz CT molecular complexity index is 864. The van der Waals surface area contributed by atoms with Crippen molar-refractivity contribution in [1.29, 1.82) is 0 Å². The number of aromatic nitrogens is 5. The fourth-order valence-corrected chi connectivity index (χ4v) is 3.33. The van der Waals surface area contributed by atoms with Crippen molar-refractivity contribution in [3.8, 4) is 0 Å². The third-order valence-corrected chi connectivity index (χ3v) is 4.72. The van der Waals surface area contributed by atoms with Crippen LogP contribution in [0.4, 0.5) is 13.2 Å². The van der Waals surface area contributed by atoms with Gasteiger partial charge >= 0.3 is 6.18 Å². The van der Waals surface area contributed by atoms with E-state index in [2.05, 4.69) is 20.2 Å². The zero-order valence-corrected chi connectivity index (χ0v) is 13.3. The van der Waals surface area contributed by atoms with Crippen LogP contribution < -0.4 is 0 Å². The van der Waals surface area contributed by atoms with E-state index in [9.17, 15) is 13.2 Å². The van der Waals surface area contributed by atoms with Gasteiger partial charge < -0.3 is 4.52 Å². The van der Waals surface area contributed by atoms with Crippen molar-refractivity contribution in [3.05, 3.63) is 36.2 Å². The van der Waals surface area contributed by atoms with Gasteiger partial charge in [-0.3, -0.25) is 0 Å². The van der Waals surface area contributed by atoms with Gasteiger partial charge in [-0.1, -0.05) is 5.16 Å². The van der Waals surface area contributed by atoms with Crippen LogP contribution in [-0.2, 0) is 6.54 Å². The molecule has 0 aromatic carbocycles. The monoisotopic (exact) mass is 351 g/mol. The number of nitrogens with zero attached hydrogens (tertiary/aromatic N) is 5. The number of alkyl halides is 3. The van der Waals surface area contributed by atoms with Crippen molar-refractivity contribution >= 4 is 11.0 Å². The first-order valence-corrected chi connectivity index (χ1v) is 8.16. The molecule has 6 nitrogen and oxygen atoms in total. The summed E-state index contributed by atoms with van der Waals surface area (Å²) in [5.41, 5.74) is 0.716. The van der Waals surface area contributed by atoms with Crippen LogP contribution in [0.2, 0.25) is 0 Å². The highest BCUT2D eigenvalue weighted by Crippen LogP contribution is 2.42. The van der Waals surface area contributed by atoms with Crippen molar-refractivity contribution in [1.82, 2.24) is 24.9 Å². The average Bonchev–Trinajstić information content (AvgIpc) is 3.22. The molecule has 0 atom stereocenters. The summed E-state index contributed by atoms with van der Waals surface area (Å²) in [6.07, 6.45) is 0.362. The first kappa shape index (κ1) is 16.0. The zero-order chi connectivity index (χ0) is 17.4. The molecular weight excluding hydrogens is 335 g/mol. The number of hydrogen-bond donors (Lipinski definition) is 0. The Morgan fingerprint density at radius 1 is 1.20 bits per heavy atom. The summed E-state index contributed by atoms with van der Waals surface area (Å²) in [5.74, 6) is -0.427. The highest BCUT2D eigenvalue weighted by Gasteiger charge is 2.42. The Kier molecular flexibility index (Phi) is 3.93. The molecule has 0 saturated heterocycles. The molecule has 9 heteroatoms. The van der Waals surface area contributed by atoms with E-state index in [4.69, 9.17) is 4.52 Å². The number of rotatable bonds is 3. The van der Waals surface area contributed by atoms with Crippen molar-refractivity contribution in [2.24, 2.45) is 5.92 Å². The van der Waals surface area contributed by atoms with E-state index in [1.165, 1.54) is 0 Å². The first-order valence-electron chi connectivity index (χ1n) is 8.16. The Morgan fingerprint density at radius 3 is 2.76 bits per heavy atom. The van der Waals surface area contributed by atoms with E-state index < -0.39 is 12.1 Å². The Hall–Kier alpha value is -2.45. The minimum Gasteiger partial charge on any atom is -0.337 e. The van der Waals surface area contributed by atoms with Gasteiger partial charge in [-0.2, -0.15) is 23.3 Å². The molecule has 0 amide bonds. The molecular formula is C16H16F3N5O. The van der Waals surface area contributed by atoms with Gasteiger partial charge in [0.05, 0.1) is 12.1 Å². The van der Waals surface area contributed by atoms with Crippen LogP contribution in [-0.4, -0.2) is 31.1 Å². The Labute approximate surface area is 141 Å². The largest absolute Gasteiger partial charge is 0.391 e. The molecule has 4 rings (SSSR count). The van der Waals surface area contributed by atoms with E-state index in [1.807, 2.05) is 12.1 Å². The first-order chi connectivity index (χ1) is 12.0. The van der Waals surface area contributed by atoms with Gasteiger partial charge in [0.25, 0.3) is 0 Å². The van der Waals surface area contributed by atoms with E-state index in [0.29, 0.717) is 30.2 Å². The van der Waals surface area contributed by atoms with Crippen LogP contribution in [0.25, 0.3) is 11.0 Å². The second-order valence-electron chi connectivity index (χ2n) is 6.35. The maximum Gasteiger partial charge on any atom is 0.391 e. The van der Waals surface area contributed by atoms with Crippen molar-refractivity contribution in [2.45, 2.75) is 44.3 Å². The van der Waals surface area contributed by atoms with Gasteiger partial charge in [0.2, 0.25) is 5.89 Å². The summed E-state index contributed by atoms with van der Waals surface area (Å²) in [6.45, 7) is 0.283. The van der Waals surface area contributed by atoms with E-state index in [-0.39, 0.29) is 25.3 Å². The summed E-state index contributed by atoms with van der Waals surface area (Å²) in [7, 11) is 0. The van der Waals surface area contributed by atoms with Gasteiger partial charge in [-0.25, -0.2) is 9.67 Å². The summed E-state index contributed by atoms with van der Waals surface area (Å²) < 4.78 is 45.2. The molecule has 0 unspecified atom stereocenters. The van der Waals surface area contributed by atoms with Crippen LogP contribution in [0, 0.1) is 5.92 Å². The van der Waals surface area contributed by atoms with E-state index in [1.54, 1.807) is 17.1 Å². The number of pyridine rings is 1. The molecule has 0 bridgehead atoms. The standard InChI is InChI=1S/C16H16F3N5O/c17-16(18,19)12-5-3-10(4-6-12)14-22-13(25-23-14)9-24-15-11(8-21-24)2-1-7-20-15/h1-2,7-8,10,12H,3-6,9H2. The van der Waals surface area contributed by atoms with Gasteiger partial charge in [-0.05, 0) is 37.8 Å². The Morgan fingerprint density at radius 2 is 2.00 bits per heavy atom. The van der Waals surface area contributed by atoms with Crippen LogP contribution in [0.1, 0.15) is 43.3 Å². The molecule has 25 heavy (non-hydrogen) atoms. The molecule has 3 aromatic rings. The molecule has 0 aliphatic heterocycles. The quantitative estimate of drug-likeness (QED) is 0.720. The molecule has 132 valence electrons. The normalized spacial score (nSPS) is 21.7. The highest BCUT2D eigenvalue weighted by atomic mass is 19.4. The van der Waals surface area contributed by atoms with Crippen LogP contribution in [0.3, 0.4) is 0 Å². The molecule has 0 radical (unpaired) electrons. The lowest BCUT2D eigenvalue weighted by molar-refractivity contribution is -0.182. The predicted molar refractivity (Wildman–Crippen MR) is 81.7 cm³/mol. The van der Waals surface area contributed by atoms with E-state index in [0.717, 1.165) is 5.39 Å². The maximum atomic E-state index is 12.7. The highest BCUT2D eigenvalue weighted by molar-refractivity contribution is 5.73. The maximum absolute atomic E-state index is 12.7. The predicted octanol–water partition coefficient (Wildman–Crippen LogP) is 3.70. The smallest absolute Gasteiger partial charge is 0.337 e. The minimum absolute atomic E-state index is 0.0800. The van der Waals surface area contributed by atoms with Gasteiger partial charge in [0.1, 0.15) is 6.54 Å². The van der Waals surface area contributed by atoms with Gasteiger partial charge in [0, 0.05) is 17.5 Å². The van der Waals surface area contributed by atoms with Crippen molar-refractivity contribution < 1.29 is 17.7 Å². The number of fused-ring (bicyclic) bond motifs is 1. The molecule has 3 aromatic heterocycles. The SMILES string of the molecule is FC(F)(F)C1CCC(c2noc(Cn3ncc4cccnc43)n2)CC1. The van der Waals surface area contributed by atoms with Crippen LogP contribution >= 0.6 is 0 Å². The lowest BCUT2D eigenvalue weighted by Crippen LogP contribution is -2.27. The fourth-order valence-electron chi connectivity index (χ4n) is 3.33. The van der Waals surface area contributed by atoms with Crippen molar-refractivity contribution in [2.75, 3.05) is 0 Å². The molecule has 1 saturated carbocycles. The van der Waals surface area contributed by atoms with Crippen molar-refractivity contribution in [3.63, 3.8) is 0 Å². The van der Waals surface area contributed by atoms with Gasteiger partial charge in [0.15, 0.2) is 11.5 Å². The average molecular weight is 351 g/mol. The third kappa shape index (κ3) is 3.22. The molecule has 1 aliphatic carbocycles. The number of hydrogen-bond acceptors (Lipinski definition) is 5. The van der Waals surface area contributed by atoms with Gasteiger partial charge in [-0.15, -0.1) is 0 Å². The Balaban J connectivity index is 1.44.